The Balaban J connectivity index is 1.71. The van der Waals surface area contributed by atoms with Gasteiger partial charge < -0.3 is 10.1 Å². The van der Waals surface area contributed by atoms with Crippen molar-refractivity contribution in [2.24, 2.45) is 0 Å². The Morgan fingerprint density at radius 1 is 1.04 bits per heavy atom. The third kappa shape index (κ3) is 3.72. The first kappa shape index (κ1) is 16.4. The molecule has 124 valence electrons. The predicted molar refractivity (Wildman–Crippen MR) is 96.1 cm³/mol. The van der Waals surface area contributed by atoms with E-state index in [4.69, 9.17) is 4.74 Å². The van der Waals surface area contributed by atoms with E-state index < -0.39 is 0 Å². The van der Waals surface area contributed by atoms with Crippen molar-refractivity contribution in [1.82, 2.24) is 15.1 Å². The molecule has 0 bridgehead atoms. The van der Waals surface area contributed by atoms with Crippen molar-refractivity contribution in [1.29, 1.82) is 0 Å². The van der Waals surface area contributed by atoms with Crippen LogP contribution in [0.2, 0.25) is 0 Å². The third-order valence-electron chi connectivity index (χ3n) is 4.23. The van der Waals surface area contributed by atoms with Gasteiger partial charge in [0.1, 0.15) is 0 Å². The summed E-state index contributed by atoms with van der Waals surface area (Å²) >= 11 is 0. The van der Waals surface area contributed by atoms with Gasteiger partial charge in [0.05, 0.1) is 17.8 Å². The fourth-order valence-electron chi connectivity index (χ4n) is 2.82. The molecule has 3 rings (SSSR count). The van der Waals surface area contributed by atoms with Crippen LogP contribution in [-0.2, 0) is 16.8 Å². The number of methoxy groups -OCH3 is 1. The average Bonchev–Trinajstić information content (AvgIpc) is 3.16. The van der Waals surface area contributed by atoms with E-state index in [1.54, 1.807) is 13.3 Å². The zero-order valence-corrected chi connectivity index (χ0v) is 14.1. The molecule has 1 unspecified atom stereocenters. The van der Waals surface area contributed by atoms with Crippen molar-refractivity contribution in [3.05, 3.63) is 84.2 Å². The van der Waals surface area contributed by atoms with Crippen molar-refractivity contribution in [2.45, 2.75) is 19.0 Å². The van der Waals surface area contributed by atoms with Crippen LogP contribution < -0.4 is 5.32 Å². The summed E-state index contributed by atoms with van der Waals surface area (Å²) in [5, 5.41) is 7.89. The van der Waals surface area contributed by atoms with Crippen LogP contribution in [0.4, 0.5) is 0 Å². The molecule has 4 heteroatoms. The number of rotatable bonds is 7. The monoisotopic (exact) mass is 321 g/mol. The van der Waals surface area contributed by atoms with Crippen LogP contribution in [0.5, 0.6) is 0 Å². The summed E-state index contributed by atoms with van der Waals surface area (Å²) in [5.41, 5.74) is 3.28. The zero-order valence-electron chi connectivity index (χ0n) is 14.1. The third-order valence-corrected chi connectivity index (χ3v) is 4.23. The van der Waals surface area contributed by atoms with Crippen molar-refractivity contribution < 1.29 is 4.74 Å². The van der Waals surface area contributed by atoms with E-state index in [0.29, 0.717) is 6.61 Å². The molecule has 0 saturated heterocycles. The molecule has 1 heterocycles. The van der Waals surface area contributed by atoms with Crippen LogP contribution in [0.1, 0.15) is 18.1 Å². The zero-order chi connectivity index (χ0) is 16.8. The van der Waals surface area contributed by atoms with Gasteiger partial charge in [-0.1, -0.05) is 42.5 Å². The van der Waals surface area contributed by atoms with Crippen molar-refractivity contribution >= 4 is 0 Å². The second kappa shape index (κ2) is 7.43. The van der Waals surface area contributed by atoms with E-state index in [2.05, 4.69) is 65.9 Å². The Morgan fingerprint density at radius 3 is 2.42 bits per heavy atom. The highest BCUT2D eigenvalue weighted by molar-refractivity contribution is 5.34. The molecule has 4 nitrogen and oxygen atoms in total. The lowest BCUT2D eigenvalue weighted by atomic mass is 9.92. The van der Waals surface area contributed by atoms with Crippen molar-refractivity contribution in [3.63, 3.8) is 0 Å². The summed E-state index contributed by atoms with van der Waals surface area (Å²) in [6.07, 6.45) is 3.73. The first-order valence-electron chi connectivity index (χ1n) is 8.10. The number of aromatic nitrogens is 2. The molecule has 0 amide bonds. The minimum atomic E-state index is -0.226. The van der Waals surface area contributed by atoms with E-state index in [9.17, 15) is 0 Å². The van der Waals surface area contributed by atoms with E-state index in [1.807, 2.05) is 23.0 Å². The molecular formula is C20H23N3O. The summed E-state index contributed by atoms with van der Waals surface area (Å²) in [4.78, 5) is 0. The summed E-state index contributed by atoms with van der Waals surface area (Å²) < 4.78 is 7.30. The van der Waals surface area contributed by atoms with Gasteiger partial charge in [-0.2, -0.15) is 5.10 Å². The molecule has 0 spiro atoms. The molecule has 0 aliphatic heterocycles. The Morgan fingerprint density at radius 2 is 1.79 bits per heavy atom. The maximum Gasteiger partial charge on any atom is 0.0683 e. The summed E-state index contributed by atoms with van der Waals surface area (Å²) in [7, 11) is 1.74. The van der Waals surface area contributed by atoms with Crippen LogP contribution in [0.25, 0.3) is 5.69 Å². The lowest BCUT2D eigenvalue weighted by Crippen LogP contribution is -2.43. The quantitative estimate of drug-likeness (QED) is 0.723. The lowest BCUT2D eigenvalue weighted by Gasteiger charge is -2.31. The molecule has 3 aromatic rings. The van der Waals surface area contributed by atoms with E-state index >= 15 is 0 Å². The number of nitrogens with one attached hydrogen (secondary N) is 1. The molecule has 1 atom stereocenters. The lowest BCUT2D eigenvalue weighted by molar-refractivity contribution is 0.117. The van der Waals surface area contributed by atoms with Gasteiger partial charge >= 0.3 is 0 Å². The molecule has 1 N–H and O–H groups in total. The number of hydrogen-bond donors (Lipinski definition) is 1. The number of nitrogens with zero attached hydrogens (tertiary/aromatic N) is 2. The highest BCUT2D eigenvalue weighted by Gasteiger charge is 2.25. The Hall–Kier alpha value is -2.43. The SMILES string of the molecule is COCC(C)(NCc1ccc(-n2cccn2)cc1)c1ccccc1. The Labute approximate surface area is 143 Å². The van der Waals surface area contributed by atoms with Gasteiger partial charge in [-0.15, -0.1) is 0 Å². The molecule has 1 aromatic heterocycles. The topological polar surface area (TPSA) is 39.1 Å². The van der Waals surface area contributed by atoms with Gasteiger partial charge in [0, 0.05) is 26.0 Å². The second-order valence-electron chi connectivity index (χ2n) is 6.10. The van der Waals surface area contributed by atoms with Crippen LogP contribution in [0.15, 0.2) is 73.1 Å². The summed E-state index contributed by atoms with van der Waals surface area (Å²) in [6.45, 7) is 3.56. The molecular weight excluding hydrogens is 298 g/mol. The number of hydrogen-bond acceptors (Lipinski definition) is 3. The molecule has 0 aliphatic rings. The Bertz CT molecular complexity index is 738. The van der Waals surface area contributed by atoms with Gasteiger partial charge in [0.15, 0.2) is 0 Å². The number of ether oxygens (including phenoxy) is 1. The molecule has 0 saturated carbocycles. The first-order valence-corrected chi connectivity index (χ1v) is 8.10. The smallest absolute Gasteiger partial charge is 0.0683 e. The predicted octanol–water partition coefficient (Wildman–Crippen LogP) is 3.52. The minimum absolute atomic E-state index is 0.226. The van der Waals surface area contributed by atoms with E-state index in [-0.39, 0.29) is 5.54 Å². The van der Waals surface area contributed by atoms with Gasteiger partial charge in [-0.3, -0.25) is 0 Å². The molecule has 0 fully saturated rings. The van der Waals surface area contributed by atoms with Crippen LogP contribution in [0.3, 0.4) is 0 Å². The van der Waals surface area contributed by atoms with Crippen LogP contribution >= 0.6 is 0 Å². The fourth-order valence-corrected chi connectivity index (χ4v) is 2.82. The fraction of sp³-hybridized carbons (Fsp3) is 0.250. The van der Waals surface area contributed by atoms with Gasteiger partial charge in [-0.05, 0) is 36.2 Å². The first-order chi connectivity index (χ1) is 11.7. The normalized spacial score (nSPS) is 13.6. The van der Waals surface area contributed by atoms with Crippen LogP contribution in [0, 0.1) is 0 Å². The molecule has 0 radical (unpaired) electrons. The highest BCUT2D eigenvalue weighted by atomic mass is 16.5. The maximum absolute atomic E-state index is 5.44. The summed E-state index contributed by atoms with van der Waals surface area (Å²) in [5.74, 6) is 0. The second-order valence-corrected chi connectivity index (χ2v) is 6.10. The van der Waals surface area contributed by atoms with Crippen LogP contribution in [-0.4, -0.2) is 23.5 Å². The minimum Gasteiger partial charge on any atom is -0.382 e. The van der Waals surface area contributed by atoms with Crippen molar-refractivity contribution in [2.75, 3.05) is 13.7 Å². The molecule has 2 aromatic carbocycles. The molecule has 0 aliphatic carbocycles. The van der Waals surface area contributed by atoms with E-state index in [1.165, 1.54) is 11.1 Å². The standard InChI is InChI=1S/C20H23N3O/c1-20(16-24-2,18-7-4-3-5-8-18)21-15-17-9-11-19(12-10-17)23-14-6-13-22-23/h3-14,21H,15-16H2,1-2H3. The largest absolute Gasteiger partial charge is 0.382 e. The van der Waals surface area contributed by atoms with E-state index in [0.717, 1.165) is 12.2 Å². The number of benzene rings is 2. The van der Waals surface area contributed by atoms with Gasteiger partial charge in [0.25, 0.3) is 0 Å². The van der Waals surface area contributed by atoms with Gasteiger partial charge in [0.2, 0.25) is 0 Å². The average molecular weight is 321 g/mol. The highest BCUT2D eigenvalue weighted by Crippen LogP contribution is 2.21. The summed E-state index contributed by atoms with van der Waals surface area (Å²) in [6, 6.07) is 20.8. The van der Waals surface area contributed by atoms with Crippen molar-refractivity contribution in [3.8, 4) is 5.69 Å². The molecule has 24 heavy (non-hydrogen) atoms. The van der Waals surface area contributed by atoms with Gasteiger partial charge in [-0.25, -0.2) is 4.68 Å². The maximum atomic E-state index is 5.44. The Kier molecular flexibility index (Phi) is 5.08.